The summed E-state index contributed by atoms with van der Waals surface area (Å²) in [5, 5.41) is 10.3. The first-order chi connectivity index (χ1) is 28.4. The van der Waals surface area contributed by atoms with E-state index in [0.717, 1.165) is 57.8 Å². The molecule has 0 aromatic heterocycles. The van der Waals surface area contributed by atoms with Gasteiger partial charge >= 0.3 is 11.9 Å². The van der Waals surface area contributed by atoms with Gasteiger partial charge in [-0.1, -0.05) is 145 Å². The lowest BCUT2D eigenvalue weighted by molar-refractivity contribution is -0.870. The highest BCUT2D eigenvalue weighted by molar-refractivity contribution is 7.45. The Labute approximate surface area is 360 Å². The normalized spacial score (nSPS) is 14.8. The quantitative estimate of drug-likeness (QED) is 0.0160. The van der Waals surface area contributed by atoms with Crippen molar-refractivity contribution in [3.63, 3.8) is 0 Å². The third-order valence-corrected chi connectivity index (χ3v) is 10.3. The van der Waals surface area contributed by atoms with Gasteiger partial charge in [0.1, 0.15) is 19.8 Å². The molecule has 1 N–H and O–H groups in total. The molecule has 1 unspecified atom stereocenters. The first kappa shape index (κ1) is 56.4. The Hall–Kier alpha value is -2.59. The second-order valence-electron chi connectivity index (χ2n) is 16.3. The number of unbranched alkanes of at least 4 members (excludes halogenated alkanes) is 13. The summed E-state index contributed by atoms with van der Waals surface area (Å²) in [6.07, 6.45) is 45.3. The maximum atomic E-state index is 12.7. The van der Waals surface area contributed by atoms with Gasteiger partial charge in [-0.05, 0) is 77.0 Å². The van der Waals surface area contributed by atoms with Gasteiger partial charge in [-0.25, -0.2) is 0 Å². The summed E-state index contributed by atoms with van der Waals surface area (Å²) in [6.45, 7) is 3.93. The molecule has 0 amide bonds. The van der Waals surface area contributed by atoms with Crippen LogP contribution in [0.2, 0.25) is 0 Å². The zero-order valence-corrected chi connectivity index (χ0v) is 38.7. The van der Waals surface area contributed by atoms with Gasteiger partial charge in [0.15, 0.2) is 6.10 Å². The Morgan fingerprint density at radius 2 is 1.14 bits per heavy atom. The van der Waals surface area contributed by atoms with Crippen molar-refractivity contribution in [3.8, 4) is 0 Å². The highest BCUT2D eigenvalue weighted by Gasteiger charge is 2.22. The molecule has 0 aliphatic heterocycles. The molecule has 0 saturated carbocycles. The largest absolute Gasteiger partial charge is 0.756 e. The molecule has 0 radical (unpaired) electrons. The summed E-state index contributed by atoms with van der Waals surface area (Å²) >= 11 is 0. The number of carbonyl (C=O) groups is 2. The summed E-state index contributed by atoms with van der Waals surface area (Å²) in [6, 6.07) is 0. The Bertz CT molecular complexity index is 1250. The van der Waals surface area contributed by atoms with Crippen LogP contribution < -0.4 is 4.89 Å². The summed E-state index contributed by atoms with van der Waals surface area (Å²) in [5.41, 5.74) is 0. The molecule has 0 aromatic rings. The standard InChI is InChI=1S/C48H84NO9P/c1-6-8-10-12-14-16-18-20-21-22-23-25-27-29-31-33-35-39-48(52)58-46(44-57-59(53,54)56-42-41-49(3,4)5)43-55-47(51)40-36-38-45(50)37-34-32-30-28-26-24-19-17-15-13-11-9-7-2/h14-17,20-21,24,26,30,32,34,37,45-46,50H,6-13,18-19,22-23,25,27-29,31,33,35-36,38-44H2,1-5H3/b16-14-,17-15-,21-20-,26-24-,32-30-,37-34+/t45-,46-/m1/s1. The van der Waals surface area contributed by atoms with Gasteiger partial charge in [0.25, 0.3) is 7.82 Å². The van der Waals surface area contributed by atoms with E-state index in [0.29, 0.717) is 30.3 Å². The van der Waals surface area contributed by atoms with Crippen LogP contribution in [0.5, 0.6) is 0 Å². The number of quaternary nitrogens is 1. The topological polar surface area (TPSA) is 131 Å². The second kappa shape index (κ2) is 39.5. The van der Waals surface area contributed by atoms with Crippen molar-refractivity contribution in [2.24, 2.45) is 0 Å². The van der Waals surface area contributed by atoms with Gasteiger partial charge in [0.05, 0.1) is 33.9 Å². The molecule has 0 fully saturated rings. The Morgan fingerprint density at radius 1 is 0.627 bits per heavy atom. The number of ether oxygens (including phenoxy) is 2. The minimum Gasteiger partial charge on any atom is -0.756 e. The van der Waals surface area contributed by atoms with Crippen LogP contribution in [0.3, 0.4) is 0 Å². The van der Waals surface area contributed by atoms with Crippen molar-refractivity contribution < 1.29 is 47.2 Å². The third kappa shape index (κ3) is 43.3. The van der Waals surface area contributed by atoms with Crippen molar-refractivity contribution in [2.45, 2.75) is 174 Å². The number of aliphatic hydroxyl groups is 1. The first-order valence-electron chi connectivity index (χ1n) is 22.8. The number of rotatable bonds is 40. The Kier molecular flexibility index (Phi) is 37.8. The summed E-state index contributed by atoms with van der Waals surface area (Å²) in [4.78, 5) is 37.6. The number of phosphoric ester groups is 1. The summed E-state index contributed by atoms with van der Waals surface area (Å²) in [7, 11) is 1.05. The van der Waals surface area contributed by atoms with Crippen molar-refractivity contribution in [3.05, 3.63) is 72.9 Å². The van der Waals surface area contributed by atoms with E-state index >= 15 is 0 Å². The van der Waals surface area contributed by atoms with Crippen LogP contribution in [-0.2, 0) is 32.7 Å². The average Bonchev–Trinajstić information content (AvgIpc) is 3.18. The lowest BCUT2D eigenvalue weighted by atomic mass is 10.1. The molecule has 0 bridgehead atoms. The number of aliphatic hydroxyl groups excluding tert-OH is 1. The number of likely N-dealkylation sites (N-methyl/N-ethyl adjacent to an activating group) is 1. The highest BCUT2D eigenvalue weighted by Crippen LogP contribution is 2.38. The van der Waals surface area contributed by atoms with Crippen LogP contribution in [-0.4, -0.2) is 81.2 Å². The fraction of sp³-hybridized carbons (Fsp3) is 0.708. The van der Waals surface area contributed by atoms with Crippen LogP contribution in [0.1, 0.15) is 162 Å². The van der Waals surface area contributed by atoms with Crippen LogP contribution in [0, 0.1) is 0 Å². The molecule has 0 aromatic carbocycles. The summed E-state index contributed by atoms with van der Waals surface area (Å²) in [5.74, 6) is -1.05. The maximum Gasteiger partial charge on any atom is 0.306 e. The molecular formula is C48H84NO9P. The van der Waals surface area contributed by atoms with Gasteiger partial charge in [-0.3, -0.25) is 14.2 Å². The molecule has 0 aliphatic rings. The fourth-order valence-corrected chi connectivity index (χ4v) is 6.40. The van der Waals surface area contributed by atoms with Gasteiger partial charge < -0.3 is 33.0 Å². The number of hydrogen-bond donors (Lipinski definition) is 1. The number of esters is 2. The number of carbonyl (C=O) groups excluding carboxylic acids is 2. The Morgan fingerprint density at radius 3 is 1.71 bits per heavy atom. The Balaban J connectivity index is 4.55. The van der Waals surface area contributed by atoms with E-state index in [1.807, 2.05) is 33.3 Å². The van der Waals surface area contributed by atoms with Crippen molar-refractivity contribution in [2.75, 3.05) is 47.5 Å². The zero-order valence-electron chi connectivity index (χ0n) is 37.8. The van der Waals surface area contributed by atoms with Crippen molar-refractivity contribution in [1.29, 1.82) is 0 Å². The molecule has 0 spiro atoms. The fourth-order valence-electron chi connectivity index (χ4n) is 5.67. The van der Waals surface area contributed by atoms with E-state index in [1.165, 1.54) is 57.8 Å². The monoisotopic (exact) mass is 850 g/mol. The van der Waals surface area contributed by atoms with E-state index in [1.54, 1.807) is 12.2 Å². The number of phosphoric acid groups is 1. The van der Waals surface area contributed by atoms with Crippen molar-refractivity contribution in [1.82, 2.24) is 0 Å². The van der Waals surface area contributed by atoms with Gasteiger partial charge in [-0.15, -0.1) is 0 Å². The van der Waals surface area contributed by atoms with Crippen LogP contribution in [0.4, 0.5) is 0 Å². The van der Waals surface area contributed by atoms with Crippen LogP contribution in [0.15, 0.2) is 72.9 Å². The smallest absolute Gasteiger partial charge is 0.306 e. The predicted molar refractivity (Wildman–Crippen MR) is 242 cm³/mol. The first-order valence-corrected chi connectivity index (χ1v) is 24.2. The maximum absolute atomic E-state index is 12.7. The molecule has 0 rings (SSSR count). The van der Waals surface area contributed by atoms with Gasteiger partial charge in [-0.2, -0.15) is 0 Å². The van der Waals surface area contributed by atoms with E-state index in [2.05, 4.69) is 62.5 Å². The number of nitrogens with zero attached hydrogens (tertiary/aromatic N) is 1. The molecule has 3 atom stereocenters. The molecule has 59 heavy (non-hydrogen) atoms. The third-order valence-electron chi connectivity index (χ3n) is 9.30. The zero-order chi connectivity index (χ0) is 43.7. The van der Waals surface area contributed by atoms with E-state index in [9.17, 15) is 24.2 Å². The average molecular weight is 850 g/mol. The molecule has 11 heteroatoms. The predicted octanol–water partition coefficient (Wildman–Crippen LogP) is 11.4. The minimum absolute atomic E-state index is 0.0435. The van der Waals surface area contributed by atoms with Crippen LogP contribution >= 0.6 is 7.82 Å². The van der Waals surface area contributed by atoms with Gasteiger partial charge in [0, 0.05) is 12.8 Å². The molecule has 0 aliphatic carbocycles. The summed E-state index contributed by atoms with van der Waals surface area (Å²) < 4.78 is 33.7. The number of hydrogen-bond acceptors (Lipinski definition) is 9. The van der Waals surface area contributed by atoms with Gasteiger partial charge in [0.2, 0.25) is 0 Å². The number of allylic oxidation sites excluding steroid dienone is 11. The SMILES string of the molecule is CCCCC/C=C\C/C=C\C/C=C\C=C\[C@@H](O)CCCC(=O)OC[C@H](COP(=O)([O-])OCC[N+](C)(C)C)OC(=O)CCCCCCCCC/C=C\C/C=C\CCCCC. The molecular weight excluding hydrogens is 765 g/mol. The van der Waals surface area contributed by atoms with E-state index < -0.39 is 38.6 Å². The van der Waals surface area contributed by atoms with Crippen molar-refractivity contribution >= 4 is 19.8 Å². The molecule has 0 saturated heterocycles. The van der Waals surface area contributed by atoms with E-state index in [-0.39, 0.29) is 26.1 Å². The van der Waals surface area contributed by atoms with Crippen LogP contribution in [0.25, 0.3) is 0 Å². The second-order valence-corrected chi connectivity index (χ2v) is 17.7. The molecule has 0 heterocycles. The molecule has 10 nitrogen and oxygen atoms in total. The molecule has 340 valence electrons. The highest BCUT2D eigenvalue weighted by atomic mass is 31.2. The lowest BCUT2D eigenvalue weighted by Crippen LogP contribution is -2.37. The van der Waals surface area contributed by atoms with E-state index in [4.69, 9.17) is 18.5 Å². The lowest BCUT2D eigenvalue weighted by Gasteiger charge is -2.28. The minimum atomic E-state index is -4.68.